The summed E-state index contributed by atoms with van der Waals surface area (Å²) in [5, 5.41) is 17.9. The van der Waals surface area contributed by atoms with E-state index in [2.05, 4.69) is 0 Å². The number of aliphatic carboxylic acids is 2. The SMILES string of the molecule is CSC1CCN(C(=O)N(CC(=O)O)CC(=O)O)CC1. The van der Waals surface area contributed by atoms with Gasteiger partial charge in [0.05, 0.1) is 0 Å². The molecule has 7 nitrogen and oxygen atoms in total. The van der Waals surface area contributed by atoms with Gasteiger partial charge in [-0.2, -0.15) is 11.8 Å². The molecule has 0 saturated carbocycles. The Morgan fingerprint density at radius 2 is 1.63 bits per heavy atom. The van der Waals surface area contributed by atoms with Crippen LogP contribution in [0, 0.1) is 0 Å². The molecule has 1 saturated heterocycles. The molecule has 1 aliphatic heterocycles. The number of thioether (sulfide) groups is 1. The predicted molar refractivity (Wildman–Crippen MR) is 70.4 cm³/mol. The van der Waals surface area contributed by atoms with Crippen LogP contribution in [0.25, 0.3) is 0 Å². The van der Waals surface area contributed by atoms with Crippen LogP contribution in [0.3, 0.4) is 0 Å². The molecule has 108 valence electrons. The average molecular weight is 290 g/mol. The van der Waals surface area contributed by atoms with E-state index in [0.717, 1.165) is 17.7 Å². The zero-order valence-electron chi connectivity index (χ0n) is 10.7. The summed E-state index contributed by atoms with van der Waals surface area (Å²) in [7, 11) is 0. The topological polar surface area (TPSA) is 98.2 Å². The van der Waals surface area contributed by atoms with Crippen molar-refractivity contribution in [2.45, 2.75) is 18.1 Å². The Labute approximate surface area is 115 Å². The van der Waals surface area contributed by atoms with Crippen molar-refractivity contribution in [3.05, 3.63) is 0 Å². The molecule has 2 amide bonds. The summed E-state index contributed by atoms with van der Waals surface area (Å²) < 4.78 is 0. The van der Waals surface area contributed by atoms with Crippen molar-refractivity contribution in [3.63, 3.8) is 0 Å². The van der Waals surface area contributed by atoms with Crippen LogP contribution in [0.15, 0.2) is 0 Å². The highest BCUT2D eigenvalue weighted by Gasteiger charge is 2.28. The Bertz CT molecular complexity index is 339. The molecule has 1 aliphatic rings. The highest BCUT2D eigenvalue weighted by molar-refractivity contribution is 7.99. The number of hydrogen-bond acceptors (Lipinski definition) is 4. The molecular formula is C11H18N2O5S. The first-order valence-electron chi connectivity index (χ1n) is 5.94. The van der Waals surface area contributed by atoms with Crippen LogP contribution in [0.4, 0.5) is 4.79 Å². The standard InChI is InChI=1S/C11H18N2O5S/c1-19-8-2-4-12(5-3-8)11(18)13(6-9(14)15)7-10(16)17/h8H,2-7H2,1H3,(H,14,15)(H,16,17). The first-order chi connectivity index (χ1) is 8.93. The normalized spacial score (nSPS) is 16.2. The minimum Gasteiger partial charge on any atom is -0.480 e. The van der Waals surface area contributed by atoms with E-state index in [9.17, 15) is 14.4 Å². The highest BCUT2D eigenvalue weighted by Crippen LogP contribution is 2.21. The van der Waals surface area contributed by atoms with E-state index in [1.807, 2.05) is 6.26 Å². The Kier molecular flexibility index (Phi) is 5.94. The fourth-order valence-electron chi connectivity index (χ4n) is 2.00. The van der Waals surface area contributed by atoms with E-state index >= 15 is 0 Å². The average Bonchev–Trinajstić information content (AvgIpc) is 2.36. The molecule has 1 heterocycles. The highest BCUT2D eigenvalue weighted by atomic mass is 32.2. The lowest BCUT2D eigenvalue weighted by molar-refractivity contribution is -0.140. The minimum absolute atomic E-state index is 0.510. The van der Waals surface area contributed by atoms with E-state index < -0.39 is 31.1 Å². The van der Waals surface area contributed by atoms with Crippen molar-refractivity contribution >= 4 is 29.7 Å². The second-order valence-corrected chi connectivity index (χ2v) is 5.49. The van der Waals surface area contributed by atoms with E-state index in [1.54, 1.807) is 11.8 Å². The second-order valence-electron chi connectivity index (χ2n) is 4.35. The summed E-state index contributed by atoms with van der Waals surface area (Å²) in [6, 6.07) is -0.510. The van der Waals surface area contributed by atoms with Crippen LogP contribution in [-0.4, -0.2) is 75.7 Å². The number of hydrogen-bond donors (Lipinski definition) is 2. The van der Waals surface area contributed by atoms with Crippen molar-refractivity contribution in [1.82, 2.24) is 9.80 Å². The monoisotopic (exact) mass is 290 g/mol. The lowest BCUT2D eigenvalue weighted by atomic mass is 10.1. The van der Waals surface area contributed by atoms with Crippen LogP contribution in [-0.2, 0) is 9.59 Å². The Hall–Kier alpha value is -1.44. The van der Waals surface area contributed by atoms with Gasteiger partial charge in [-0.05, 0) is 19.1 Å². The van der Waals surface area contributed by atoms with Gasteiger partial charge in [-0.3, -0.25) is 9.59 Å². The number of likely N-dealkylation sites (tertiary alicyclic amines) is 1. The molecule has 0 radical (unpaired) electrons. The third-order valence-corrected chi connectivity index (χ3v) is 4.11. The zero-order chi connectivity index (χ0) is 14.4. The summed E-state index contributed by atoms with van der Waals surface area (Å²) in [5.74, 6) is -2.43. The van der Waals surface area contributed by atoms with E-state index in [0.29, 0.717) is 18.3 Å². The third-order valence-electron chi connectivity index (χ3n) is 2.97. The van der Waals surface area contributed by atoms with Gasteiger partial charge in [0.2, 0.25) is 0 Å². The van der Waals surface area contributed by atoms with Gasteiger partial charge in [-0.15, -0.1) is 0 Å². The van der Waals surface area contributed by atoms with E-state index in [4.69, 9.17) is 10.2 Å². The van der Waals surface area contributed by atoms with Crippen molar-refractivity contribution in [3.8, 4) is 0 Å². The van der Waals surface area contributed by atoms with Crippen molar-refractivity contribution in [1.29, 1.82) is 0 Å². The molecule has 0 unspecified atom stereocenters. The number of rotatable bonds is 5. The van der Waals surface area contributed by atoms with Gasteiger partial charge in [-0.1, -0.05) is 0 Å². The van der Waals surface area contributed by atoms with Gasteiger partial charge >= 0.3 is 18.0 Å². The molecule has 0 atom stereocenters. The maximum atomic E-state index is 12.1. The number of carboxylic acids is 2. The summed E-state index contributed by atoms with van der Waals surface area (Å²) in [4.78, 5) is 35.8. The largest absolute Gasteiger partial charge is 0.480 e. The number of carbonyl (C=O) groups is 3. The van der Waals surface area contributed by atoms with Gasteiger partial charge in [0.15, 0.2) is 0 Å². The van der Waals surface area contributed by atoms with Crippen LogP contribution >= 0.6 is 11.8 Å². The number of piperidine rings is 1. The molecule has 1 rings (SSSR count). The van der Waals surface area contributed by atoms with Gasteiger partial charge in [0, 0.05) is 18.3 Å². The lowest BCUT2D eigenvalue weighted by Crippen LogP contribution is -2.50. The maximum Gasteiger partial charge on any atom is 0.323 e. The van der Waals surface area contributed by atoms with Gasteiger partial charge < -0.3 is 20.0 Å². The van der Waals surface area contributed by atoms with Crippen LogP contribution < -0.4 is 0 Å². The summed E-state index contributed by atoms with van der Waals surface area (Å²) in [5.41, 5.74) is 0. The van der Waals surface area contributed by atoms with Crippen molar-refractivity contribution in [2.75, 3.05) is 32.4 Å². The first kappa shape index (κ1) is 15.6. The third kappa shape index (κ3) is 4.98. The molecule has 0 aromatic carbocycles. The van der Waals surface area contributed by atoms with Gasteiger partial charge in [0.1, 0.15) is 13.1 Å². The molecule has 0 bridgehead atoms. The minimum atomic E-state index is -1.21. The summed E-state index contributed by atoms with van der Waals surface area (Å²) >= 11 is 1.75. The summed E-state index contributed by atoms with van der Waals surface area (Å²) in [6.07, 6.45) is 3.71. The number of nitrogens with zero attached hydrogens (tertiary/aromatic N) is 2. The van der Waals surface area contributed by atoms with Crippen LogP contribution in [0.5, 0.6) is 0 Å². The van der Waals surface area contributed by atoms with Crippen molar-refractivity contribution in [2.24, 2.45) is 0 Å². The number of urea groups is 1. The molecule has 0 aliphatic carbocycles. The van der Waals surface area contributed by atoms with Gasteiger partial charge in [0.25, 0.3) is 0 Å². The zero-order valence-corrected chi connectivity index (χ0v) is 11.6. The molecule has 1 fully saturated rings. The van der Waals surface area contributed by atoms with Crippen LogP contribution in [0.2, 0.25) is 0 Å². The molecule has 0 aromatic rings. The number of carbonyl (C=O) groups excluding carboxylic acids is 1. The van der Waals surface area contributed by atoms with Crippen molar-refractivity contribution < 1.29 is 24.6 Å². The smallest absolute Gasteiger partial charge is 0.323 e. The Balaban J connectivity index is 2.60. The fraction of sp³-hybridized carbons (Fsp3) is 0.727. The fourth-order valence-corrected chi connectivity index (χ4v) is 2.68. The quantitative estimate of drug-likeness (QED) is 0.761. The molecule has 2 N–H and O–H groups in total. The second kappa shape index (κ2) is 7.22. The summed E-state index contributed by atoms with van der Waals surface area (Å²) in [6.45, 7) is -0.0959. The maximum absolute atomic E-state index is 12.1. The first-order valence-corrected chi connectivity index (χ1v) is 7.23. The predicted octanol–water partition coefficient (Wildman–Crippen LogP) is 0.405. The number of carboxylic acid groups (broad SMARTS) is 2. The van der Waals surface area contributed by atoms with Gasteiger partial charge in [-0.25, -0.2) is 4.79 Å². The number of amides is 2. The lowest BCUT2D eigenvalue weighted by Gasteiger charge is -2.34. The molecule has 0 aromatic heterocycles. The Morgan fingerprint density at radius 3 is 2.00 bits per heavy atom. The van der Waals surface area contributed by atoms with E-state index in [-0.39, 0.29) is 0 Å². The molecule has 19 heavy (non-hydrogen) atoms. The molecule has 0 spiro atoms. The molecular weight excluding hydrogens is 272 g/mol. The Morgan fingerprint density at radius 1 is 1.16 bits per heavy atom. The van der Waals surface area contributed by atoms with Crippen LogP contribution in [0.1, 0.15) is 12.8 Å². The molecule has 8 heteroatoms. The van der Waals surface area contributed by atoms with E-state index in [1.165, 1.54) is 4.90 Å².